The molecule has 0 aromatic carbocycles. The molecule has 0 radical (unpaired) electrons. The fourth-order valence-electron chi connectivity index (χ4n) is 2.28. The van der Waals surface area contributed by atoms with Gasteiger partial charge in [-0.15, -0.1) is 0 Å². The predicted octanol–water partition coefficient (Wildman–Crippen LogP) is 1.02. The van der Waals surface area contributed by atoms with E-state index in [1.54, 1.807) is 6.92 Å². The normalized spacial score (nSPS) is 18.9. The van der Waals surface area contributed by atoms with E-state index in [-0.39, 0.29) is 6.10 Å². The molecule has 0 saturated carbocycles. The molecule has 0 unspecified atom stereocenters. The molecular formula is C14H16F3N3O4. The Labute approximate surface area is 134 Å². The molecule has 0 spiro atoms. The van der Waals surface area contributed by atoms with Gasteiger partial charge in [0.15, 0.2) is 0 Å². The fourth-order valence-corrected chi connectivity index (χ4v) is 2.28. The number of halogens is 3. The molecule has 1 aromatic rings. The largest absolute Gasteiger partial charge is 0.417 e. The zero-order valence-corrected chi connectivity index (χ0v) is 12.7. The van der Waals surface area contributed by atoms with Crippen LogP contribution in [0.25, 0.3) is 0 Å². The van der Waals surface area contributed by atoms with Crippen molar-refractivity contribution in [3.8, 4) is 0 Å². The molecule has 1 aliphatic rings. The molecule has 2 heterocycles. The van der Waals surface area contributed by atoms with Crippen molar-refractivity contribution in [2.24, 2.45) is 0 Å². The average Bonchev–Trinajstić information content (AvgIpc) is 3.02. The highest BCUT2D eigenvalue weighted by Gasteiger charge is 2.32. The summed E-state index contributed by atoms with van der Waals surface area (Å²) in [5, 5.41) is 4.28. The van der Waals surface area contributed by atoms with Crippen molar-refractivity contribution in [3.05, 3.63) is 28.2 Å². The fraction of sp³-hybridized carbons (Fsp3) is 0.500. The van der Waals surface area contributed by atoms with Gasteiger partial charge in [0.05, 0.1) is 17.7 Å². The van der Waals surface area contributed by atoms with Crippen LogP contribution in [0, 0.1) is 0 Å². The monoisotopic (exact) mass is 347 g/mol. The van der Waals surface area contributed by atoms with Crippen molar-refractivity contribution >= 4 is 17.5 Å². The topological polar surface area (TPSA) is 100 Å². The van der Waals surface area contributed by atoms with Crippen molar-refractivity contribution < 1.29 is 27.5 Å². The first-order valence-corrected chi connectivity index (χ1v) is 7.22. The number of rotatable bonds is 3. The average molecular weight is 347 g/mol. The third-order valence-corrected chi connectivity index (χ3v) is 3.57. The number of aromatic amines is 1. The molecule has 1 aromatic heterocycles. The number of anilines is 1. The standard InChI is InChI=1S/C14H16F3N3O4/c1-7(10-3-2-4-24-10)19-12(22)13(23)20-9-5-8(14(15,16)17)6-18-11(9)21/h5-7,10H,2-4H2,1H3,(H,18,21)(H,19,22)(H,20,23)/t7-,10+/m1/s1. The molecule has 1 saturated heterocycles. The second-order valence-corrected chi connectivity index (χ2v) is 5.40. The van der Waals surface area contributed by atoms with E-state index in [1.807, 2.05) is 10.3 Å². The molecule has 0 aliphatic carbocycles. The first-order chi connectivity index (χ1) is 11.2. The number of amides is 2. The molecule has 132 valence electrons. The number of alkyl halides is 3. The Kier molecular flexibility index (Phi) is 5.27. The van der Waals surface area contributed by atoms with Crippen molar-refractivity contribution in [2.45, 2.75) is 38.1 Å². The predicted molar refractivity (Wildman–Crippen MR) is 77.3 cm³/mol. The van der Waals surface area contributed by atoms with E-state index in [1.165, 1.54) is 0 Å². The van der Waals surface area contributed by atoms with Gasteiger partial charge in [0.25, 0.3) is 5.56 Å². The number of pyridine rings is 1. The summed E-state index contributed by atoms with van der Waals surface area (Å²) in [5.74, 6) is -2.29. The minimum atomic E-state index is -4.69. The van der Waals surface area contributed by atoms with Gasteiger partial charge in [-0.1, -0.05) is 0 Å². The summed E-state index contributed by atoms with van der Waals surface area (Å²) in [6.45, 7) is 2.22. The summed E-state index contributed by atoms with van der Waals surface area (Å²) in [6.07, 6.45) is -2.86. The molecule has 1 aliphatic heterocycles. The number of nitrogens with one attached hydrogen (secondary N) is 3. The van der Waals surface area contributed by atoms with Gasteiger partial charge in [-0.25, -0.2) is 0 Å². The third kappa shape index (κ3) is 4.34. The maximum atomic E-state index is 12.6. The minimum absolute atomic E-state index is 0.223. The van der Waals surface area contributed by atoms with E-state index in [2.05, 4.69) is 5.32 Å². The number of hydrogen-bond acceptors (Lipinski definition) is 4. The van der Waals surface area contributed by atoms with Crippen LogP contribution in [-0.4, -0.2) is 35.6 Å². The van der Waals surface area contributed by atoms with Crippen molar-refractivity contribution in [1.29, 1.82) is 0 Å². The van der Waals surface area contributed by atoms with E-state index >= 15 is 0 Å². The van der Waals surface area contributed by atoms with Crippen LogP contribution in [0.1, 0.15) is 25.3 Å². The van der Waals surface area contributed by atoms with E-state index in [9.17, 15) is 27.6 Å². The molecule has 0 bridgehead atoms. The molecule has 2 rings (SSSR count). The summed E-state index contributed by atoms with van der Waals surface area (Å²) in [4.78, 5) is 36.9. The van der Waals surface area contributed by atoms with Crippen molar-refractivity contribution in [3.63, 3.8) is 0 Å². The van der Waals surface area contributed by atoms with Gasteiger partial charge in [-0.05, 0) is 25.8 Å². The lowest BCUT2D eigenvalue weighted by Crippen LogP contribution is -2.46. The Hall–Kier alpha value is -2.36. The zero-order chi connectivity index (χ0) is 17.9. The summed E-state index contributed by atoms with van der Waals surface area (Å²) >= 11 is 0. The van der Waals surface area contributed by atoms with Gasteiger partial charge in [-0.3, -0.25) is 14.4 Å². The Morgan fingerprint density at radius 1 is 1.38 bits per heavy atom. The lowest BCUT2D eigenvalue weighted by Gasteiger charge is -2.19. The number of H-pyrrole nitrogens is 1. The number of carbonyl (C=O) groups is 2. The molecular weight excluding hydrogens is 331 g/mol. The summed E-state index contributed by atoms with van der Waals surface area (Å²) in [5.41, 5.74) is -2.75. The summed E-state index contributed by atoms with van der Waals surface area (Å²) in [6, 6.07) is 0.0265. The highest BCUT2D eigenvalue weighted by atomic mass is 19.4. The van der Waals surface area contributed by atoms with Crippen LogP contribution in [0.4, 0.5) is 18.9 Å². The van der Waals surface area contributed by atoms with Gasteiger partial charge >= 0.3 is 18.0 Å². The van der Waals surface area contributed by atoms with Gasteiger partial charge in [0.2, 0.25) is 0 Å². The van der Waals surface area contributed by atoms with Crippen LogP contribution >= 0.6 is 0 Å². The second kappa shape index (κ2) is 7.04. The molecule has 2 amide bonds. The van der Waals surface area contributed by atoms with Gasteiger partial charge in [0, 0.05) is 12.8 Å². The quantitative estimate of drug-likeness (QED) is 0.711. The zero-order valence-electron chi connectivity index (χ0n) is 12.7. The molecule has 3 N–H and O–H groups in total. The smallest absolute Gasteiger partial charge is 0.376 e. The molecule has 7 nitrogen and oxygen atoms in total. The lowest BCUT2D eigenvalue weighted by molar-refractivity contribution is -0.138. The van der Waals surface area contributed by atoms with Crippen molar-refractivity contribution in [1.82, 2.24) is 10.3 Å². The van der Waals surface area contributed by atoms with Crippen LogP contribution < -0.4 is 16.2 Å². The Morgan fingerprint density at radius 3 is 2.67 bits per heavy atom. The lowest BCUT2D eigenvalue weighted by atomic mass is 10.1. The Bertz CT molecular complexity index is 681. The molecule has 2 atom stereocenters. The van der Waals surface area contributed by atoms with Crippen LogP contribution in [-0.2, 0) is 20.5 Å². The molecule has 10 heteroatoms. The molecule has 24 heavy (non-hydrogen) atoms. The van der Waals surface area contributed by atoms with E-state index in [4.69, 9.17) is 4.74 Å². The first kappa shape index (κ1) is 18.0. The summed E-state index contributed by atoms with van der Waals surface area (Å²) in [7, 11) is 0. The number of aromatic nitrogens is 1. The molecule has 1 fully saturated rings. The van der Waals surface area contributed by atoms with Gasteiger partial charge in [0.1, 0.15) is 5.69 Å². The van der Waals surface area contributed by atoms with Gasteiger partial charge in [-0.2, -0.15) is 13.2 Å². The van der Waals surface area contributed by atoms with E-state index in [0.717, 1.165) is 12.8 Å². The maximum absolute atomic E-state index is 12.6. The Morgan fingerprint density at radius 2 is 2.08 bits per heavy atom. The maximum Gasteiger partial charge on any atom is 0.417 e. The SMILES string of the molecule is C[C@@H](NC(=O)C(=O)Nc1cc(C(F)(F)F)c[nH]c1=O)[C@@H]1CCCO1. The van der Waals surface area contributed by atoms with E-state index in [0.29, 0.717) is 18.9 Å². The number of carbonyl (C=O) groups excluding carboxylic acids is 2. The van der Waals surface area contributed by atoms with Crippen LogP contribution in [0.15, 0.2) is 17.1 Å². The van der Waals surface area contributed by atoms with E-state index < -0.39 is 40.8 Å². The minimum Gasteiger partial charge on any atom is -0.376 e. The van der Waals surface area contributed by atoms with Crippen molar-refractivity contribution in [2.75, 3.05) is 11.9 Å². The third-order valence-electron chi connectivity index (χ3n) is 3.57. The van der Waals surface area contributed by atoms with Crippen LogP contribution in [0.2, 0.25) is 0 Å². The van der Waals surface area contributed by atoms with Gasteiger partial charge < -0.3 is 20.4 Å². The summed E-state index contributed by atoms with van der Waals surface area (Å²) < 4.78 is 43.2. The highest BCUT2D eigenvalue weighted by molar-refractivity contribution is 6.39. The Balaban J connectivity index is 2.03. The van der Waals surface area contributed by atoms with Crippen LogP contribution in [0.5, 0.6) is 0 Å². The number of hydrogen-bond donors (Lipinski definition) is 3. The van der Waals surface area contributed by atoms with Crippen LogP contribution in [0.3, 0.4) is 0 Å². The second-order valence-electron chi connectivity index (χ2n) is 5.40. The highest BCUT2D eigenvalue weighted by Crippen LogP contribution is 2.29. The number of ether oxygens (including phenoxy) is 1. The first-order valence-electron chi connectivity index (χ1n) is 7.22.